The summed E-state index contributed by atoms with van der Waals surface area (Å²) < 4.78 is 6.04. The van der Waals surface area contributed by atoms with E-state index in [0.29, 0.717) is 39.1 Å². The Balaban J connectivity index is 0.766. The van der Waals surface area contributed by atoms with Gasteiger partial charge in [0.25, 0.3) is 11.8 Å². The number of nitrogens with one attached hydrogen (secondary N) is 2. The molecule has 12 nitrogen and oxygen atoms in total. The van der Waals surface area contributed by atoms with E-state index in [0.717, 1.165) is 104 Å². The zero-order chi connectivity index (χ0) is 38.7. The number of ether oxygens (including phenoxy) is 1. The first-order valence-corrected chi connectivity index (χ1v) is 19.6. The summed E-state index contributed by atoms with van der Waals surface area (Å²) in [6.45, 7) is 8.52. The third-order valence-corrected chi connectivity index (χ3v) is 12.3. The highest BCUT2D eigenvalue weighted by Gasteiger charge is 2.45. The maximum absolute atomic E-state index is 13.3. The molecule has 5 aliphatic rings. The molecule has 0 spiro atoms. The predicted molar refractivity (Wildman–Crippen MR) is 208 cm³/mol. The molecule has 2 N–H and O–H groups in total. The smallest absolute Gasteiger partial charge is 0.262 e. The van der Waals surface area contributed by atoms with Crippen LogP contribution in [0, 0.1) is 23.2 Å². The van der Waals surface area contributed by atoms with Gasteiger partial charge in [-0.25, -0.2) is 4.98 Å². The molecule has 0 bridgehead atoms. The number of carbonyl (C=O) groups excluding carboxylic acids is 4. The van der Waals surface area contributed by atoms with Gasteiger partial charge in [-0.3, -0.25) is 34.3 Å². The van der Waals surface area contributed by atoms with Crippen molar-refractivity contribution in [3.8, 4) is 23.2 Å². The molecule has 9 rings (SSSR count). The van der Waals surface area contributed by atoms with Gasteiger partial charge in [0.05, 0.1) is 27.4 Å². The molecule has 5 heterocycles. The van der Waals surface area contributed by atoms with Gasteiger partial charge in [0.15, 0.2) is 0 Å². The van der Waals surface area contributed by atoms with Crippen LogP contribution in [-0.2, 0) is 35.5 Å². The average Bonchev–Trinajstić information content (AvgIpc) is 3.87. The molecule has 4 amide bonds. The van der Waals surface area contributed by atoms with Crippen molar-refractivity contribution in [2.24, 2.45) is 11.8 Å². The Hall–Kier alpha value is -5.77. The van der Waals surface area contributed by atoms with Crippen LogP contribution in [0.3, 0.4) is 0 Å². The standard InChI is InChI=1S/C43H40ClN7O5/c1-24(56-32-8-4-28(20-45)35(44)19-32)27-5-9-36-37(18-27)47-40(46-36)26-2-6-31(7-3-26)50-14-12-25(13-15-50)21-49-22-29-16-33-34(17-30(29)23-49)43(55)51(42(33)54)38-10-11-39(52)48-41(38)53/h2-4,6-8,16-17,19,25,27,38H,1,5,9-15,18,21-23H2,(H,46,47)(H,48,52,53)/t27-,38?/m1/s1. The van der Waals surface area contributed by atoms with Crippen molar-refractivity contribution >= 4 is 40.9 Å². The Kier molecular flexibility index (Phi) is 9.22. The summed E-state index contributed by atoms with van der Waals surface area (Å²) >= 11 is 6.19. The van der Waals surface area contributed by atoms with E-state index in [1.165, 1.54) is 5.69 Å². The number of aryl methyl sites for hydroxylation is 1. The number of imidazole rings is 1. The molecule has 284 valence electrons. The third kappa shape index (κ3) is 6.65. The van der Waals surface area contributed by atoms with Crippen LogP contribution in [0.5, 0.6) is 5.75 Å². The summed E-state index contributed by atoms with van der Waals surface area (Å²) in [5, 5.41) is 11.8. The number of hydrogen-bond acceptors (Lipinski definition) is 9. The highest BCUT2D eigenvalue weighted by molar-refractivity contribution is 6.31. The van der Waals surface area contributed by atoms with Crippen LogP contribution >= 0.6 is 11.6 Å². The molecule has 1 aromatic heterocycles. The maximum Gasteiger partial charge on any atom is 0.262 e. The summed E-state index contributed by atoms with van der Waals surface area (Å²) in [4.78, 5) is 65.1. The minimum Gasteiger partial charge on any atom is -0.462 e. The number of allylic oxidation sites excluding steroid dienone is 1. The Morgan fingerprint density at radius 3 is 2.30 bits per heavy atom. The number of benzene rings is 3. The number of nitriles is 1. The number of carbonyl (C=O) groups is 4. The topological polar surface area (TPSA) is 152 Å². The Morgan fingerprint density at radius 1 is 0.929 bits per heavy atom. The molecule has 13 heteroatoms. The van der Waals surface area contributed by atoms with Gasteiger partial charge in [-0.2, -0.15) is 5.26 Å². The zero-order valence-corrected chi connectivity index (χ0v) is 31.5. The van der Waals surface area contributed by atoms with E-state index in [9.17, 15) is 19.2 Å². The molecule has 4 aromatic rings. The lowest BCUT2D eigenvalue weighted by atomic mass is 9.89. The lowest BCUT2D eigenvalue weighted by Crippen LogP contribution is -2.54. The monoisotopic (exact) mass is 769 g/mol. The number of rotatable bonds is 8. The first-order valence-electron chi connectivity index (χ1n) is 19.2. The van der Waals surface area contributed by atoms with E-state index >= 15 is 0 Å². The van der Waals surface area contributed by atoms with Crippen LogP contribution in [0.15, 0.2) is 66.9 Å². The number of fused-ring (bicyclic) bond motifs is 3. The highest BCUT2D eigenvalue weighted by Crippen LogP contribution is 2.36. The summed E-state index contributed by atoms with van der Waals surface area (Å²) in [7, 11) is 0. The highest BCUT2D eigenvalue weighted by atomic mass is 35.5. The minimum absolute atomic E-state index is 0.103. The molecule has 1 aliphatic carbocycles. The first kappa shape index (κ1) is 35.9. The lowest BCUT2D eigenvalue weighted by Gasteiger charge is -2.35. The SMILES string of the molecule is C=C(Oc1ccc(C#N)c(Cl)c1)[C@@H]1CCc2nc(-c3ccc(N4CCC(CN5Cc6cc7c(cc6C5)C(=O)N(C5CCC(=O)NC5=O)C7=O)CC4)cc3)[nH]c2C1. The molecule has 3 aromatic carbocycles. The van der Waals surface area contributed by atoms with Crippen LogP contribution in [0.2, 0.25) is 5.02 Å². The fourth-order valence-corrected chi connectivity index (χ4v) is 9.13. The average molecular weight is 770 g/mol. The summed E-state index contributed by atoms with van der Waals surface area (Å²) in [5.74, 6) is 0.889. The number of hydrogen-bond donors (Lipinski definition) is 2. The van der Waals surface area contributed by atoms with Crippen molar-refractivity contribution in [3.05, 3.63) is 111 Å². The zero-order valence-electron chi connectivity index (χ0n) is 30.8. The van der Waals surface area contributed by atoms with Gasteiger partial charge in [0.1, 0.15) is 29.4 Å². The van der Waals surface area contributed by atoms with Crippen LogP contribution in [-0.4, -0.2) is 69.1 Å². The van der Waals surface area contributed by atoms with Gasteiger partial charge in [0, 0.05) is 68.1 Å². The van der Waals surface area contributed by atoms with E-state index in [4.69, 9.17) is 26.6 Å². The lowest BCUT2D eigenvalue weighted by molar-refractivity contribution is -0.136. The van der Waals surface area contributed by atoms with Gasteiger partial charge in [-0.15, -0.1) is 0 Å². The van der Waals surface area contributed by atoms with E-state index in [1.807, 2.05) is 12.1 Å². The number of aromatic nitrogens is 2. The van der Waals surface area contributed by atoms with Gasteiger partial charge < -0.3 is 14.6 Å². The number of piperidine rings is 2. The largest absolute Gasteiger partial charge is 0.462 e. The van der Waals surface area contributed by atoms with Crippen molar-refractivity contribution in [2.45, 2.75) is 64.1 Å². The molecule has 4 aliphatic heterocycles. The van der Waals surface area contributed by atoms with Crippen LogP contribution < -0.4 is 15.0 Å². The quantitative estimate of drug-likeness (QED) is 0.164. The fourth-order valence-electron chi connectivity index (χ4n) is 8.91. The predicted octanol–water partition coefficient (Wildman–Crippen LogP) is 5.93. The van der Waals surface area contributed by atoms with E-state index in [2.05, 4.69) is 57.0 Å². The first-order chi connectivity index (χ1) is 27.1. The second-order valence-corrected chi connectivity index (χ2v) is 15.9. The van der Waals surface area contributed by atoms with Gasteiger partial charge >= 0.3 is 0 Å². The Bertz CT molecular complexity index is 2310. The number of aromatic amines is 1. The molecule has 1 unspecified atom stereocenters. The second kappa shape index (κ2) is 14.4. The second-order valence-electron chi connectivity index (χ2n) is 15.5. The molecular weight excluding hydrogens is 730 g/mol. The summed E-state index contributed by atoms with van der Waals surface area (Å²) in [6.07, 6.45) is 4.87. The van der Waals surface area contributed by atoms with Crippen molar-refractivity contribution < 1.29 is 23.9 Å². The van der Waals surface area contributed by atoms with Crippen molar-refractivity contribution in [1.29, 1.82) is 5.26 Å². The summed E-state index contributed by atoms with van der Waals surface area (Å²) in [5.41, 5.74) is 7.64. The molecule has 0 radical (unpaired) electrons. The van der Waals surface area contributed by atoms with Crippen molar-refractivity contribution in [2.75, 3.05) is 24.5 Å². The number of amides is 4. The molecule has 2 atom stereocenters. The number of imide groups is 2. The maximum atomic E-state index is 13.3. The number of H-pyrrole nitrogens is 1. The van der Waals surface area contributed by atoms with E-state index in [-0.39, 0.29) is 24.7 Å². The molecule has 0 saturated carbocycles. The van der Waals surface area contributed by atoms with Crippen LogP contribution in [0.25, 0.3) is 11.4 Å². The van der Waals surface area contributed by atoms with Gasteiger partial charge in [-0.05, 0) is 104 Å². The number of nitrogens with zero attached hydrogens (tertiary/aromatic N) is 5. The third-order valence-electron chi connectivity index (χ3n) is 12.0. The van der Waals surface area contributed by atoms with Crippen LogP contribution in [0.1, 0.15) is 80.9 Å². The number of halogens is 1. The van der Waals surface area contributed by atoms with Crippen molar-refractivity contribution in [3.63, 3.8) is 0 Å². The Morgan fingerprint density at radius 2 is 1.64 bits per heavy atom. The normalized spacial score (nSPS) is 21.1. The van der Waals surface area contributed by atoms with Crippen molar-refractivity contribution in [1.82, 2.24) is 25.1 Å². The molecule has 2 fully saturated rings. The van der Waals surface area contributed by atoms with Gasteiger partial charge in [-0.1, -0.05) is 18.2 Å². The fraction of sp³-hybridized carbons (Fsp3) is 0.349. The Labute approximate surface area is 329 Å². The summed E-state index contributed by atoms with van der Waals surface area (Å²) in [6, 6.07) is 18.5. The molecule has 2 saturated heterocycles. The van der Waals surface area contributed by atoms with E-state index < -0.39 is 23.8 Å². The van der Waals surface area contributed by atoms with Crippen LogP contribution in [0.4, 0.5) is 5.69 Å². The van der Waals surface area contributed by atoms with E-state index in [1.54, 1.807) is 18.2 Å². The molecular formula is C43H40ClN7O5. The molecule has 56 heavy (non-hydrogen) atoms. The number of anilines is 1. The minimum atomic E-state index is -0.955. The van der Waals surface area contributed by atoms with Gasteiger partial charge in [0.2, 0.25) is 11.8 Å².